The molecule has 1 aromatic rings. The Labute approximate surface area is 95.0 Å². The molecule has 1 unspecified atom stereocenters. The van der Waals surface area contributed by atoms with Gasteiger partial charge in [0.25, 0.3) is 0 Å². The summed E-state index contributed by atoms with van der Waals surface area (Å²) in [6, 6.07) is 1.10. The van der Waals surface area contributed by atoms with Gasteiger partial charge < -0.3 is 4.74 Å². The summed E-state index contributed by atoms with van der Waals surface area (Å²) < 4.78 is 43.0. The summed E-state index contributed by atoms with van der Waals surface area (Å²) >= 11 is 5.55. The van der Waals surface area contributed by atoms with Crippen LogP contribution >= 0.6 is 11.6 Å². The fourth-order valence-electron chi connectivity index (χ4n) is 1.11. The Balaban J connectivity index is 2.81. The molecule has 1 atom stereocenters. The monoisotopic (exact) mass is 252 g/mol. The van der Waals surface area contributed by atoms with Crippen molar-refractivity contribution >= 4 is 17.6 Å². The molecule has 88 valence electrons. The second-order valence-electron chi connectivity index (χ2n) is 3.08. The summed E-state index contributed by atoms with van der Waals surface area (Å²) in [5.41, 5.74) is -1.27. The van der Waals surface area contributed by atoms with Gasteiger partial charge in [0, 0.05) is 19.4 Å². The molecule has 1 aromatic carbocycles. The zero-order chi connectivity index (χ0) is 12.3. The molecule has 1 rings (SSSR count). The lowest BCUT2D eigenvalue weighted by Gasteiger charge is -2.10. The van der Waals surface area contributed by atoms with Gasteiger partial charge >= 0.3 is 5.97 Å². The second-order valence-corrected chi connectivity index (χ2v) is 3.57. The number of rotatable bonds is 3. The van der Waals surface area contributed by atoms with Crippen LogP contribution in [0.4, 0.5) is 13.2 Å². The number of halogens is 4. The number of carbonyl (C=O) groups excluding carboxylic acids is 1. The van der Waals surface area contributed by atoms with E-state index in [9.17, 15) is 18.0 Å². The molecule has 0 N–H and O–H groups in total. The minimum absolute atomic E-state index is 0.153. The van der Waals surface area contributed by atoms with Crippen molar-refractivity contribution in [2.45, 2.75) is 18.9 Å². The summed E-state index contributed by atoms with van der Waals surface area (Å²) in [5.74, 6) is -4.03. The van der Waals surface area contributed by atoms with Crippen molar-refractivity contribution in [1.29, 1.82) is 0 Å². The van der Waals surface area contributed by atoms with E-state index in [4.69, 9.17) is 11.6 Å². The molecule has 0 amide bonds. The van der Waals surface area contributed by atoms with Gasteiger partial charge in [0.15, 0.2) is 17.2 Å². The van der Waals surface area contributed by atoms with Crippen molar-refractivity contribution in [2.75, 3.05) is 0 Å². The smallest absolute Gasteiger partial charge is 0.304 e. The number of benzene rings is 1. The molecular weight excluding hydrogens is 245 g/mol. The van der Waals surface area contributed by atoms with E-state index in [1.165, 1.54) is 0 Å². The highest BCUT2D eigenvalue weighted by Crippen LogP contribution is 2.17. The van der Waals surface area contributed by atoms with Crippen LogP contribution < -0.4 is 0 Å². The first-order valence-corrected chi connectivity index (χ1v) is 4.78. The summed E-state index contributed by atoms with van der Waals surface area (Å²) in [4.78, 5) is 10.5. The SMILES string of the molecule is CC(=O)OC(Cl)Cc1cc(F)c(F)cc1F. The Morgan fingerprint density at radius 2 is 1.88 bits per heavy atom. The highest BCUT2D eigenvalue weighted by molar-refractivity contribution is 6.20. The van der Waals surface area contributed by atoms with Gasteiger partial charge in [0.1, 0.15) is 5.82 Å². The molecule has 0 radical (unpaired) electrons. The van der Waals surface area contributed by atoms with E-state index in [-0.39, 0.29) is 12.0 Å². The van der Waals surface area contributed by atoms with Crippen LogP contribution in [0, 0.1) is 17.5 Å². The van der Waals surface area contributed by atoms with Crippen LogP contribution in [0.1, 0.15) is 12.5 Å². The maximum Gasteiger partial charge on any atom is 0.304 e. The van der Waals surface area contributed by atoms with Crippen LogP contribution in [0.15, 0.2) is 12.1 Å². The predicted molar refractivity (Wildman–Crippen MR) is 51.4 cm³/mol. The fraction of sp³-hybridized carbons (Fsp3) is 0.300. The van der Waals surface area contributed by atoms with E-state index in [1.807, 2.05) is 0 Å². The van der Waals surface area contributed by atoms with Gasteiger partial charge in [-0.3, -0.25) is 4.79 Å². The third-order valence-electron chi connectivity index (χ3n) is 1.76. The van der Waals surface area contributed by atoms with Gasteiger partial charge in [-0.25, -0.2) is 13.2 Å². The van der Waals surface area contributed by atoms with Crippen LogP contribution in [-0.2, 0) is 16.0 Å². The standard InChI is InChI=1S/C10H8ClF3O2/c1-5(15)16-10(11)3-6-2-8(13)9(14)4-7(6)12/h2,4,10H,3H2,1H3. The van der Waals surface area contributed by atoms with Crippen molar-refractivity contribution in [3.05, 3.63) is 35.1 Å². The maximum atomic E-state index is 13.1. The molecule has 0 aromatic heterocycles. The molecule has 0 bridgehead atoms. The van der Waals surface area contributed by atoms with E-state index in [0.717, 1.165) is 6.92 Å². The van der Waals surface area contributed by atoms with Gasteiger partial charge in [-0.05, 0) is 11.6 Å². The van der Waals surface area contributed by atoms with Crippen LogP contribution in [0.5, 0.6) is 0 Å². The molecule has 0 aliphatic carbocycles. The Kier molecular flexibility index (Phi) is 4.18. The van der Waals surface area contributed by atoms with Gasteiger partial charge in [-0.15, -0.1) is 0 Å². The first kappa shape index (κ1) is 12.8. The van der Waals surface area contributed by atoms with Crippen LogP contribution in [0.3, 0.4) is 0 Å². The van der Waals surface area contributed by atoms with Crippen molar-refractivity contribution in [3.63, 3.8) is 0 Å². The number of ether oxygens (including phenoxy) is 1. The Morgan fingerprint density at radius 3 is 2.44 bits per heavy atom. The highest BCUT2D eigenvalue weighted by atomic mass is 35.5. The zero-order valence-corrected chi connectivity index (χ0v) is 9.02. The quantitative estimate of drug-likeness (QED) is 0.470. The minimum atomic E-state index is -1.28. The topological polar surface area (TPSA) is 26.3 Å². The molecule has 0 aliphatic heterocycles. The average Bonchev–Trinajstić information content (AvgIpc) is 2.12. The van der Waals surface area contributed by atoms with Crippen LogP contribution in [0.2, 0.25) is 0 Å². The fourth-order valence-corrected chi connectivity index (χ4v) is 1.41. The first-order chi connectivity index (χ1) is 7.40. The lowest BCUT2D eigenvalue weighted by Crippen LogP contribution is -2.13. The number of hydrogen-bond acceptors (Lipinski definition) is 2. The normalized spacial score (nSPS) is 12.3. The summed E-state index contributed by atoms with van der Waals surface area (Å²) in [7, 11) is 0. The van der Waals surface area contributed by atoms with Crippen molar-refractivity contribution in [3.8, 4) is 0 Å². The molecule has 0 saturated heterocycles. The number of esters is 1. The molecule has 0 fully saturated rings. The Hall–Kier alpha value is -1.23. The summed E-state index contributed by atoms with van der Waals surface area (Å²) in [6.45, 7) is 1.14. The third-order valence-corrected chi connectivity index (χ3v) is 2.01. The Morgan fingerprint density at radius 1 is 1.31 bits per heavy atom. The lowest BCUT2D eigenvalue weighted by atomic mass is 10.1. The summed E-state index contributed by atoms with van der Waals surface area (Å²) in [6.07, 6.45) is -0.232. The zero-order valence-electron chi connectivity index (χ0n) is 8.27. The molecule has 0 saturated carbocycles. The van der Waals surface area contributed by atoms with Crippen LogP contribution in [0.25, 0.3) is 0 Å². The molecule has 16 heavy (non-hydrogen) atoms. The molecule has 2 nitrogen and oxygen atoms in total. The van der Waals surface area contributed by atoms with E-state index >= 15 is 0 Å². The van der Waals surface area contributed by atoms with E-state index in [0.29, 0.717) is 12.1 Å². The minimum Gasteiger partial charge on any atom is -0.446 e. The predicted octanol–water partition coefficient (Wildman–Crippen LogP) is 2.77. The average molecular weight is 253 g/mol. The number of carbonyl (C=O) groups is 1. The highest BCUT2D eigenvalue weighted by Gasteiger charge is 2.15. The van der Waals surface area contributed by atoms with Crippen molar-refractivity contribution in [1.82, 2.24) is 0 Å². The molecule has 0 heterocycles. The lowest BCUT2D eigenvalue weighted by molar-refractivity contribution is -0.142. The van der Waals surface area contributed by atoms with Gasteiger partial charge in [-0.1, -0.05) is 11.6 Å². The summed E-state index contributed by atoms with van der Waals surface area (Å²) in [5, 5.41) is 0. The van der Waals surface area contributed by atoms with Crippen molar-refractivity contribution < 1.29 is 22.7 Å². The number of alkyl halides is 1. The molecular formula is C10H8ClF3O2. The maximum absolute atomic E-state index is 13.1. The third kappa shape index (κ3) is 3.41. The van der Waals surface area contributed by atoms with Crippen LogP contribution in [-0.4, -0.2) is 11.5 Å². The number of hydrogen-bond donors (Lipinski definition) is 0. The van der Waals surface area contributed by atoms with Gasteiger partial charge in [0.05, 0.1) is 0 Å². The van der Waals surface area contributed by atoms with Gasteiger partial charge in [0.2, 0.25) is 0 Å². The largest absolute Gasteiger partial charge is 0.446 e. The van der Waals surface area contributed by atoms with Crippen molar-refractivity contribution in [2.24, 2.45) is 0 Å². The van der Waals surface area contributed by atoms with E-state index in [2.05, 4.69) is 4.74 Å². The molecule has 6 heteroatoms. The second kappa shape index (κ2) is 5.21. The van der Waals surface area contributed by atoms with E-state index in [1.54, 1.807) is 0 Å². The van der Waals surface area contributed by atoms with Gasteiger partial charge in [-0.2, -0.15) is 0 Å². The first-order valence-electron chi connectivity index (χ1n) is 4.35. The van der Waals surface area contributed by atoms with E-state index < -0.39 is 29.0 Å². The molecule has 0 aliphatic rings. The Bertz CT molecular complexity index is 409. The molecule has 0 spiro atoms.